The molecule has 0 bridgehead atoms. The van der Waals surface area contributed by atoms with Crippen LogP contribution in [0.4, 0.5) is 5.69 Å². The molecule has 0 saturated heterocycles. The lowest BCUT2D eigenvalue weighted by Crippen LogP contribution is -1.98. The summed E-state index contributed by atoms with van der Waals surface area (Å²) in [6.07, 6.45) is 0. The highest BCUT2D eigenvalue weighted by molar-refractivity contribution is 5.93. The van der Waals surface area contributed by atoms with Crippen molar-refractivity contribution in [3.8, 4) is 0 Å². The molecule has 1 aromatic carbocycles. The van der Waals surface area contributed by atoms with E-state index in [2.05, 4.69) is 4.98 Å². The van der Waals surface area contributed by atoms with Gasteiger partial charge in [-0.3, -0.25) is 10.1 Å². The van der Waals surface area contributed by atoms with Crippen LogP contribution < -0.4 is 0 Å². The van der Waals surface area contributed by atoms with Gasteiger partial charge < -0.3 is 0 Å². The van der Waals surface area contributed by atoms with Crippen LogP contribution in [0, 0.1) is 37.8 Å². The lowest BCUT2D eigenvalue weighted by molar-refractivity contribution is -0.383. The van der Waals surface area contributed by atoms with Crippen LogP contribution in [-0.4, -0.2) is 9.91 Å². The first-order valence-electron chi connectivity index (χ1n) is 5.44. The van der Waals surface area contributed by atoms with E-state index in [0.717, 1.165) is 27.8 Å². The highest BCUT2D eigenvalue weighted by atomic mass is 16.6. The Balaban J connectivity index is 3.04. The largest absolute Gasteiger partial charge is 0.295 e. The third-order valence-electron chi connectivity index (χ3n) is 3.10. The number of rotatable bonds is 1. The molecule has 0 atom stereocenters. The fourth-order valence-corrected chi connectivity index (χ4v) is 2.21. The molecule has 4 nitrogen and oxygen atoms in total. The quantitative estimate of drug-likeness (QED) is 0.557. The van der Waals surface area contributed by atoms with Gasteiger partial charge in [-0.05, 0) is 50.5 Å². The van der Waals surface area contributed by atoms with Crippen LogP contribution in [0.1, 0.15) is 22.4 Å². The number of fused-ring (bicyclic) bond motifs is 1. The predicted octanol–water partition coefficient (Wildman–Crippen LogP) is 3.38. The molecule has 2 aromatic rings. The molecule has 0 aliphatic carbocycles. The second-order valence-corrected chi connectivity index (χ2v) is 4.40. The fourth-order valence-electron chi connectivity index (χ4n) is 2.21. The van der Waals surface area contributed by atoms with Crippen molar-refractivity contribution in [2.45, 2.75) is 27.7 Å². The molecule has 88 valence electrons. The van der Waals surface area contributed by atoms with Crippen LogP contribution in [0.15, 0.2) is 12.1 Å². The maximum atomic E-state index is 11.1. The van der Waals surface area contributed by atoms with Crippen molar-refractivity contribution < 1.29 is 4.92 Å². The third-order valence-corrected chi connectivity index (χ3v) is 3.10. The molecule has 2 rings (SSSR count). The predicted molar refractivity (Wildman–Crippen MR) is 67.3 cm³/mol. The van der Waals surface area contributed by atoms with Crippen LogP contribution in [0.5, 0.6) is 0 Å². The summed E-state index contributed by atoms with van der Waals surface area (Å²) in [4.78, 5) is 15.0. The number of pyridine rings is 1. The number of nitro benzene ring substituents is 1. The van der Waals surface area contributed by atoms with Gasteiger partial charge in [-0.25, -0.2) is 4.98 Å². The lowest BCUT2D eigenvalue weighted by atomic mass is 9.98. The molecular weight excluding hydrogens is 216 g/mol. The Labute approximate surface area is 99.4 Å². The Morgan fingerprint density at radius 2 is 1.76 bits per heavy atom. The van der Waals surface area contributed by atoms with Gasteiger partial charge in [0.25, 0.3) is 5.69 Å². The first-order valence-corrected chi connectivity index (χ1v) is 5.44. The zero-order valence-electron chi connectivity index (χ0n) is 10.4. The van der Waals surface area contributed by atoms with E-state index in [1.54, 1.807) is 6.07 Å². The van der Waals surface area contributed by atoms with Crippen LogP contribution in [-0.2, 0) is 0 Å². The summed E-state index contributed by atoms with van der Waals surface area (Å²) in [7, 11) is 0. The van der Waals surface area contributed by atoms with Gasteiger partial charge in [0.1, 0.15) is 5.52 Å². The van der Waals surface area contributed by atoms with Gasteiger partial charge in [0.15, 0.2) is 0 Å². The zero-order chi connectivity index (χ0) is 12.7. The van der Waals surface area contributed by atoms with E-state index >= 15 is 0 Å². The topological polar surface area (TPSA) is 56.0 Å². The number of benzene rings is 1. The molecule has 0 saturated carbocycles. The van der Waals surface area contributed by atoms with Crippen LogP contribution in [0.25, 0.3) is 10.9 Å². The van der Waals surface area contributed by atoms with Crippen molar-refractivity contribution in [2.75, 3.05) is 0 Å². The minimum Gasteiger partial charge on any atom is -0.258 e. The van der Waals surface area contributed by atoms with E-state index in [0.29, 0.717) is 5.52 Å². The first-order chi connectivity index (χ1) is 7.91. The summed E-state index contributed by atoms with van der Waals surface area (Å²) < 4.78 is 0. The Kier molecular flexibility index (Phi) is 2.58. The Morgan fingerprint density at radius 1 is 1.12 bits per heavy atom. The maximum Gasteiger partial charge on any atom is 0.295 e. The fraction of sp³-hybridized carbons (Fsp3) is 0.308. The van der Waals surface area contributed by atoms with Gasteiger partial charge in [0, 0.05) is 17.1 Å². The monoisotopic (exact) mass is 230 g/mol. The van der Waals surface area contributed by atoms with E-state index in [-0.39, 0.29) is 10.6 Å². The standard InChI is InChI=1S/C13H14N2O2/c1-7-6-11(15(16)17)13-12(10(7)4)8(2)5-9(3)14-13/h5-6H,1-4H3. The maximum absolute atomic E-state index is 11.1. The Hall–Kier alpha value is -1.97. The van der Waals surface area contributed by atoms with Crippen molar-refractivity contribution in [1.82, 2.24) is 4.98 Å². The smallest absolute Gasteiger partial charge is 0.258 e. The molecule has 0 radical (unpaired) electrons. The normalized spacial score (nSPS) is 10.8. The van der Waals surface area contributed by atoms with Crippen molar-refractivity contribution in [1.29, 1.82) is 0 Å². The molecule has 1 aromatic heterocycles. The van der Waals surface area contributed by atoms with Gasteiger partial charge in [-0.1, -0.05) is 0 Å². The van der Waals surface area contributed by atoms with E-state index < -0.39 is 0 Å². The number of nitrogens with zero attached hydrogens (tertiary/aromatic N) is 2. The minimum atomic E-state index is -0.360. The number of aryl methyl sites for hydroxylation is 4. The molecule has 17 heavy (non-hydrogen) atoms. The van der Waals surface area contributed by atoms with Crippen molar-refractivity contribution >= 4 is 16.6 Å². The molecule has 0 unspecified atom stereocenters. The van der Waals surface area contributed by atoms with Crippen molar-refractivity contribution in [3.05, 3.63) is 44.6 Å². The van der Waals surface area contributed by atoms with E-state index in [9.17, 15) is 10.1 Å². The number of hydrogen-bond donors (Lipinski definition) is 0. The van der Waals surface area contributed by atoms with Crippen LogP contribution >= 0.6 is 0 Å². The second-order valence-electron chi connectivity index (χ2n) is 4.40. The lowest BCUT2D eigenvalue weighted by Gasteiger charge is -2.09. The summed E-state index contributed by atoms with van der Waals surface area (Å²) in [5, 5.41) is 12.0. The highest BCUT2D eigenvalue weighted by Crippen LogP contribution is 2.31. The van der Waals surface area contributed by atoms with Gasteiger partial charge >= 0.3 is 0 Å². The summed E-state index contributed by atoms with van der Waals surface area (Å²) in [5.74, 6) is 0. The molecule has 0 fully saturated rings. The average Bonchev–Trinajstić information content (AvgIpc) is 2.21. The number of aromatic nitrogens is 1. The molecular formula is C13H14N2O2. The minimum absolute atomic E-state index is 0.0925. The van der Waals surface area contributed by atoms with Crippen molar-refractivity contribution in [3.63, 3.8) is 0 Å². The zero-order valence-corrected chi connectivity index (χ0v) is 10.4. The number of non-ortho nitro benzene ring substituents is 1. The van der Waals surface area contributed by atoms with Gasteiger partial charge in [0.2, 0.25) is 0 Å². The van der Waals surface area contributed by atoms with E-state index in [4.69, 9.17) is 0 Å². The van der Waals surface area contributed by atoms with Crippen LogP contribution in [0.2, 0.25) is 0 Å². The molecule has 0 aliphatic rings. The molecule has 0 N–H and O–H groups in total. The second kappa shape index (κ2) is 3.80. The summed E-state index contributed by atoms with van der Waals surface area (Å²) in [5.41, 5.74) is 4.43. The first kappa shape index (κ1) is 11.5. The molecule has 0 amide bonds. The SMILES string of the molecule is Cc1cc(C)c2c(C)c(C)cc([N+](=O)[O-])c2n1. The molecule has 4 heteroatoms. The summed E-state index contributed by atoms with van der Waals surface area (Å²) in [6, 6.07) is 3.56. The van der Waals surface area contributed by atoms with Crippen molar-refractivity contribution in [2.24, 2.45) is 0 Å². The molecule has 0 aliphatic heterocycles. The number of nitro groups is 1. The van der Waals surface area contributed by atoms with Gasteiger partial charge in [-0.2, -0.15) is 0 Å². The third kappa shape index (κ3) is 1.75. The molecule has 1 heterocycles. The van der Waals surface area contributed by atoms with Gasteiger partial charge in [0.05, 0.1) is 4.92 Å². The average molecular weight is 230 g/mol. The van der Waals surface area contributed by atoms with E-state index in [1.807, 2.05) is 33.8 Å². The van der Waals surface area contributed by atoms with E-state index in [1.165, 1.54) is 0 Å². The van der Waals surface area contributed by atoms with Gasteiger partial charge in [-0.15, -0.1) is 0 Å². The van der Waals surface area contributed by atoms with Crippen LogP contribution in [0.3, 0.4) is 0 Å². The number of hydrogen-bond acceptors (Lipinski definition) is 3. The Morgan fingerprint density at radius 3 is 2.35 bits per heavy atom. The molecule has 0 spiro atoms. The summed E-state index contributed by atoms with van der Waals surface area (Å²) >= 11 is 0. The highest BCUT2D eigenvalue weighted by Gasteiger charge is 2.18. The Bertz CT molecular complexity index is 633. The summed E-state index contributed by atoms with van der Waals surface area (Å²) in [6.45, 7) is 7.69.